The number of carboxylic acid groups (broad SMARTS) is 1. The van der Waals surface area contributed by atoms with Gasteiger partial charge in [0.05, 0.1) is 23.0 Å². The lowest BCUT2D eigenvalue weighted by molar-refractivity contribution is 0.0982. The third-order valence-electron chi connectivity index (χ3n) is 4.98. The molecule has 1 atom stereocenters. The van der Waals surface area contributed by atoms with Crippen molar-refractivity contribution in [3.63, 3.8) is 0 Å². The predicted octanol–water partition coefficient (Wildman–Crippen LogP) is 5.64. The fraction of sp³-hybridized carbons (Fsp3) is 0.300. The Morgan fingerprint density at radius 3 is 2.41 bits per heavy atom. The summed E-state index contributed by atoms with van der Waals surface area (Å²) in [6, 6.07) is 8.47. The monoisotopic (exact) mass is 450 g/mol. The number of hydrogen-bond donors (Lipinski definition) is 1. The molecule has 0 radical (unpaired) electrons. The van der Waals surface area contributed by atoms with E-state index in [1.54, 1.807) is 23.1 Å². The topological polar surface area (TPSA) is 60.9 Å². The van der Waals surface area contributed by atoms with E-state index in [1.165, 1.54) is 4.90 Å². The second-order valence-electron chi connectivity index (χ2n) is 6.68. The van der Waals surface area contributed by atoms with Gasteiger partial charge in [0.25, 0.3) is 5.91 Å². The van der Waals surface area contributed by atoms with Crippen LogP contribution in [0.5, 0.6) is 0 Å². The number of aryl methyl sites for hydroxylation is 2. The maximum atomic E-state index is 13.3. The molecule has 0 fully saturated rings. The van der Waals surface area contributed by atoms with E-state index in [0.29, 0.717) is 32.9 Å². The minimum Gasteiger partial charge on any atom is -0.465 e. The van der Waals surface area contributed by atoms with Gasteiger partial charge in [0.1, 0.15) is 0 Å². The zero-order valence-corrected chi connectivity index (χ0v) is 17.6. The molecular weight excluding hydrogens is 432 g/mol. The van der Waals surface area contributed by atoms with Crippen molar-refractivity contribution in [2.45, 2.75) is 33.2 Å². The summed E-state index contributed by atoms with van der Waals surface area (Å²) in [5, 5.41) is 10.2. The molecule has 0 aromatic heterocycles. The molecule has 1 aliphatic rings. The van der Waals surface area contributed by atoms with Crippen LogP contribution in [0.3, 0.4) is 0 Å². The fourth-order valence-corrected chi connectivity index (χ4v) is 3.94. The first kappa shape index (κ1) is 19.7. The average Bonchev–Trinajstić information content (AvgIpc) is 2.62. The van der Waals surface area contributed by atoms with Crippen LogP contribution in [0.4, 0.5) is 16.2 Å². The molecule has 0 saturated heterocycles. The Labute approximate surface area is 171 Å². The van der Waals surface area contributed by atoms with Gasteiger partial charge in [-0.3, -0.25) is 9.69 Å². The van der Waals surface area contributed by atoms with Gasteiger partial charge in [-0.05, 0) is 77.7 Å². The van der Waals surface area contributed by atoms with Crippen LogP contribution in [0.1, 0.15) is 34.8 Å². The van der Waals surface area contributed by atoms with Crippen LogP contribution in [0.25, 0.3) is 0 Å². The fourth-order valence-electron chi connectivity index (χ4n) is 3.35. The van der Waals surface area contributed by atoms with E-state index in [0.717, 1.165) is 11.1 Å². The standard InChI is InChI=1S/C20H20BrClN2O3/c1-4-14-10-23(19(25)15-9-13(22)5-6-16(15)21)17-7-11(2)12(3)8-18(17)24(14)20(26)27/h5-9,14H,4,10H2,1-3H3,(H,26,27). The number of hydrogen-bond acceptors (Lipinski definition) is 2. The summed E-state index contributed by atoms with van der Waals surface area (Å²) in [4.78, 5) is 28.3. The molecule has 2 amide bonds. The van der Waals surface area contributed by atoms with Crippen molar-refractivity contribution in [3.05, 3.63) is 56.5 Å². The van der Waals surface area contributed by atoms with Crippen molar-refractivity contribution in [1.82, 2.24) is 0 Å². The van der Waals surface area contributed by atoms with E-state index in [9.17, 15) is 14.7 Å². The second kappa shape index (κ2) is 7.52. The highest BCUT2D eigenvalue weighted by Crippen LogP contribution is 2.40. The largest absolute Gasteiger partial charge is 0.465 e. The zero-order valence-electron chi connectivity index (χ0n) is 15.3. The first-order valence-electron chi connectivity index (χ1n) is 8.65. The molecule has 3 rings (SSSR count). The average molecular weight is 452 g/mol. The van der Waals surface area contributed by atoms with Crippen LogP contribution in [0.2, 0.25) is 5.02 Å². The maximum Gasteiger partial charge on any atom is 0.412 e. The van der Waals surface area contributed by atoms with Gasteiger partial charge < -0.3 is 10.0 Å². The molecule has 0 saturated carbocycles. The third kappa shape index (κ3) is 3.56. The van der Waals surface area contributed by atoms with E-state index >= 15 is 0 Å². The lowest BCUT2D eigenvalue weighted by Gasteiger charge is -2.41. The number of halogens is 2. The number of benzene rings is 2. The van der Waals surface area contributed by atoms with Gasteiger partial charge in [0.2, 0.25) is 0 Å². The van der Waals surface area contributed by atoms with Crippen LogP contribution in [0.15, 0.2) is 34.8 Å². The Hall–Kier alpha value is -2.05. The minimum atomic E-state index is -1.01. The molecule has 2 aromatic carbocycles. The molecule has 27 heavy (non-hydrogen) atoms. The third-order valence-corrected chi connectivity index (χ3v) is 5.91. The van der Waals surface area contributed by atoms with E-state index in [-0.39, 0.29) is 18.5 Å². The van der Waals surface area contributed by atoms with E-state index < -0.39 is 6.09 Å². The maximum absolute atomic E-state index is 13.3. The van der Waals surface area contributed by atoms with Gasteiger partial charge in [0, 0.05) is 16.0 Å². The van der Waals surface area contributed by atoms with Crippen molar-refractivity contribution in [2.75, 3.05) is 16.3 Å². The van der Waals surface area contributed by atoms with Crippen molar-refractivity contribution >= 4 is 50.9 Å². The van der Waals surface area contributed by atoms with E-state index in [4.69, 9.17) is 11.6 Å². The summed E-state index contributed by atoms with van der Waals surface area (Å²) in [5.74, 6) is -0.211. The first-order chi connectivity index (χ1) is 12.7. The van der Waals surface area contributed by atoms with Crippen LogP contribution >= 0.6 is 27.5 Å². The smallest absolute Gasteiger partial charge is 0.412 e. The van der Waals surface area contributed by atoms with Gasteiger partial charge in [-0.15, -0.1) is 0 Å². The summed E-state index contributed by atoms with van der Waals surface area (Å²) in [6.45, 7) is 6.09. The van der Waals surface area contributed by atoms with Gasteiger partial charge in [-0.2, -0.15) is 0 Å². The van der Waals surface area contributed by atoms with Crippen molar-refractivity contribution in [2.24, 2.45) is 0 Å². The zero-order chi connectivity index (χ0) is 19.9. The molecule has 0 spiro atoms. The molecule has 1 N–H and O–H groups in total. The minimum absolute atomic E-state index is 0.211. The molecule has 142 valence electrons. The predicted molar refractivity (Wildman–Crippen MR) is 111 cm³/mol. The van der Waals surface area contributed by atoms with Crippen LogP contribution in [0, 0.1) is 13.8 Å². The molecule has 1 unspecified atom stereocenters. The highest BCUT2D eigenvalue weighted by atomic mass is 79.9. The lowest BCUT2D eigenvalue weighted by atomic mass is 9.99. The van der Waals surface area contributed by atoms with Crippen molar-refractivity contribution < 1.29 is 14.7 Å². The van der Waals surface area contributed by atoms with Gasteiger partial charge in [-0.25, -0.2) is 4.79 Å². The van der Waals surface area contributed by atoms with Crippen LogP contribution in [-0.4, -0.2) is 29.7 Å². The summed E-state index contributed by atoms with van der Waals surface area (Å²) >= 11 is 9.51. The van der Waals surface area contributed by atoms with Crippen molar-refractivity contribution in [1.29, 1.82) is 0 Å². The van der Waals surface area contributed by atoms with Gasteiger partial charge >= 0.3 is 6.09 Å². The number of anilines is 2. The Balaban J connectivity index is 2.18. The summed E-state index contributed by atoms with van der Waals surface area (Å²) < 4.78 is 0.649. The number of carbonyl (C=O) groups excluding carboxylic acids is 1. The molecule has 2 aromatic rings. The van der Waals surface area contributed by atoms with Crippen LogP contribution in [-0.2, 0) is 0 Å². The number of amides is 2. The Bertz CT molecular complexity index is 932. The first-order valence-corrected chi connectivity index (χ1v) is 9.82. The Kier molecular flexibility index (Phi) is 5.49. The SMILES string of the molecule is CCC1CN(C(=O)c2cc(Cl)ccc2Br)c2cc(C)c(C)cc2N1C(=O)O. The second-order valence-corrected chi connectivity index (χ2v) is 7.97. The van der Waals surface area contributed by atoms with Gasteiger partial charge in [0.15, 0.2) is 0 Å². The molecule has 7 heteroatoms. The highest BCUT2D eigenvalue weighted by molar-refractivity contribution is 9.10. The number of nitrogens with zero attached hydrogens (tertiary/aromatic N) is 2. The lowest BCUT2D eigenvalue weighted by Crippen LogP contribution is -2.52. The Morgan fingerprint density at radius 1 is 1.19 bits per heavy atom. The molecule has 5 nitrogen and oxygen atoms in total. The number of rotatable bonds is 2. The molecule has 0 bridgehead atoms. The summed E-state index contributed by atoms with van der Waals surface area (Å²) in [7, 11) is 0. The molecule has 1 aliphatic heterocycles. The number of carbonyl (C=O) groups is 2. The molecule has 0 aliphatic carbocycles. The summed E-state index contributed by atoms with van der Waals surface area (Å²) in [6.07, 6.45) is -0.415. The summed E-state index contributed by atoms with van der Waals surface area (Å²) in [5.41, 5.74) is 3.56. The quantitative estimate of drug-likeness (QED) is 0.642. The van der Waals surface area contributed by atoms with Crippen LogP contribution < -0.4 is 9.80 Å². The Morgan fingerprint density at radius 2 is 1.81 bits per heavy atom. The van der Waals surface area contributed by atoms with E-state index in [1.807, 2.05) is 32.9 Å². The van der Waals surface area contributed by atoms with Gasteiger partial charge in [-0.1, -0.05) is 18.5 Å². The normalized spacial score (nSPS) is 16.3. The number of fused-ring (bicyclic) bond motifs is 1. The molecule has 1 heterocycles. The van der Waals surface area contributed by atoms with Crippen molar-refractivity contribution in [3.8, 4) is 0 Å². The van der Waals surface area contributed by atoms with E-state index in [2.05, 4.69) is 15.9 Å². The highest BCUT2D eigenvalue weighted by Gasteiger charge is 2.37. The molecular formula is C20H20BrClN2O3.